The van der Waals surface area contributed by atoms with Crippen LogP contribution in [-0.4, -0.2) is 32.8 Å². The third-order valence-electron chi connectivity index (χ3n) is 4.71. The van der Waals surface area contributed by atoms with Crippen molar-refractivity contribution in [2.45, 2.75) is 11.5 Å². The Morgan fingerprint density at radius 1 is 0.912 bits per heavy atom. The van der Waals surface area contributed by atoms with Gasteiger partial charge in [-0.05, 0) is 60.7 Å². The summed E-state index contributed by atoms with van der Waals surface area (Å²) in [7, 11) is -0.859. The number of methoxy groups -OCH3 is 2. The molecule has 34 heavy (non-hydrogen) atoms. The van der Waals surface area contributed by atoms with Crippen LogP contribution < -0.4 is 18.9 Å². The van der Waals surface area contributed by atoms with Crippen molar-refractivity contribution in [2.24, 2.45) is 0 Å². The number of aromatic nitrogens is 2. The van der Waals surface area contributed by atoms with E-state index in [1.807, 2.05) is 0 Å². The SMILES string of the molecule is COc1ccc(-c2nnc(COc3ccc(NS(=O)(=O)c4ccc(OC)cc4)cc3F)o2)cc1. The van der Waals surface area contributed by atoms with Crippen molar-refractivity contribution >= 4 is 15.7 Å². The molecule has 1 aromatic heterocycles. The quantitative estimate of drug-likeness (QED) is 0.374. The fraction of sp³-hybridized carbons (Fsp3) is 0.130. The number of halogens is 1. The molecular weight excluding hydrogens is 465 g/mol. The Balaban J connectivity index is 1.40. The summed E-state index contributed by atoms with van der Waals surface area (Å²) in [6.07, 6.45) is 0. The van der Waals surface area contributed by atoms with Crippen molar-refractivity contribution in [3.63, 3.8) is 0 Å². The molecule has 0 aliphatic carbocycles. The molecule has 176 valence electrons. The summed E-state index contributed by atoms with van der Waals surface area (Å²) < 4.78 is 63.0. The standard InChI is InChI=1S/C23H20FN3O6S/c1-30-17-6-3-15(4-7-17)23-26-25-22(33-23)14-32-21-12-5-16(13-20(21)24)27-34(28,29)19-10-8-18(31-2)9-11-19/h3-13,27H,14H2,1-2H3. The summed E-state index contributed by atoms with van der Waals surface area (Å²) in [5.41, 5.74) is 0.736. The molecule has 1 N–H and O–H groups in total. The predicted molar refractivity (Wildman–Crippen MR) is 121 cm³/mol. The minimum Gasteiger partial charge on any atom is -0.497 e. The van der Waals surface area contributed by atoms with E-state index in [-0.39, 0.29) is 34.7 Å². The van der Waals surface area contributed by atoms with Crippen LogP contribution in [0, 0.1) is 5.82 Å². The summed E-state index contributed by atoms with van der Waals surface area (Å²) in [6.45, 7) is -0.170. The van der Waals surface area contributed by atoms with Crippen molar-refractivity contribution in [1.82, 2.24) is 10.2 Å². The lowest BCUT2D eigenvalue weighted by Gasteiger charge is -2.10. The molecule has 0 aliphatic rings. The second kappa shape index (κ2) is 9.79. The number of nitrogens with one attached hydrogen (secondary N) is 1. The highest BCUT2D eigenvalue weighted by molar-refractivity contribution is 7.92. The van der Waals surface area contributed by atoms with E-state index in [0.717, 1.165) is 6.07 Å². The molecule has 11 heteroatoms. The zero-order valence-corrected chi connectivity index (χ0v) is 19.0. The number of hydrogen-bond donors (Lipinski definition) is 1. The number of hydrogen-bond acceptors (Lipinski definition) is 8. The second-order valence-electron chi connectivity index (χ2n) is 6.94. The van der Waals surface area contributed by atoms with Crippen molar-refractivity contribution in [2.75, 3.05) is 18.9 Å². The van der Waals surface area contributed by atoms with Crippen LogP contribution in [0.2, 0.25) is 0 Å². The van der Waals surface area contributed by atoms with Crippen LogP contribution in [0.4, 0.5) is 10.1 Å². The fourth-order valence-corrected chi connectivity index (χ4v) is 4.00. The summed E-state index contributed by atoms with van der Waals surface area (Å²) in [5, 5.41) is 7.85. The van der Waals surface area contributed by atoms with E-state index in [2.05, 4.69) is 14.9 Å². The van der Waals surface area contributed by atoms with Gasteiger partial charge in [0.2, 0.25) is 5.89 Å². The average molecular weight is 485 g/mol. The highest BCUT2D eigenvalue weighted by Crippen LogP contribution is 2.26. The normalized spacial score (nSPS) is 11.1. The lowest BCUT2D eigenvalue weighted by Crippen LogP contribution is -2.13. The summed E-state index contributed by atoms with van der Waals surface area (Å²) in [5.74, 6) is 0.779. The van der Waals surface area contributed by atoms with Crippen LogP contribution in [0.15, 0.2) is 76.0 Å². The first-order valence-electron chi connectivity index (χ1n) is 9.94. The minimum atomic E-state index is -3.91. The van der Waals surface area contributed by atoms with E-state index in [9.17, 15) is 12.8 Å². The summed E-state index contributed by atoms with van der Waals surface area (Å²) in [6, 6.07) is 16.6. The van der Waals surface area contributed by atoms with Gasteiger partial charge in [0, 0.05) is 11.6 Å². The number of anilines is 1. The van der Waals surface area contributed by atoms with Gasteiger partial charge in [-0.15, -0.1) is 10.2 Å². The van der Waals surface area contributed by atoms with E-state index >= 15 is 0 Å². The first-order chi connectivity index (χ1) is 16.4. The molecule has 4 aromatic rings. The van der Waals surface area contributed by atoms with E-state index in [4.69, 9.17) is 18.6 Å². The maximum atomic E-state index is 14.5. The third-order valence-corrected chi connectivity index (χ3v) is 6.11. The first-order valence-corrected chi connectivity index (χ1v) is 11.4. The van der Waals surface area contributed by atoms with Gasteiger partial charge in [-0.1, -0.05) is 0 Å². The van der Waals surface area contributed by atoms with Gasteiger partial charge in [-0.2, -0.15) is 0 Å². The molecule has 0 aliphatic heterocycles. The maximum Gasteiger partial charge on any atom is 0.261 e. The highest BCUT2D eigenvalue weighted by Gasteiger charge is 2.16. The molecule has 0 amide bonds. The molecule has 0 saturated heterocycles. The maximum absolute atomic E-state index is 14.5. The van der Waals surface area contributed by atoms with Gasteiger partial charge in [0.1, 0.15) is 11.5 Å². The monoisotopic (exact) mass is 485 g/mol. The Morgan fingerprint density at radius 3 is 2.18 bits per heavy atom. The van der Waals surface area contributed by atoms with Crippen LogP contribution in [0.3, 0.4) is 0 Å². The third kappa shape index (κ3) is 5.26. The van der Waals surface area contributed by atoms with E-state index in [1.165, 1.54) is 43.5 Å². The molecule has 0 atom stereocenters. The van der Waals surface area contributed by atoms with Crippen LogP contribution in [-0.2, 0) is 16.6 Å². The Hall–Kier alpha value is -4.12. The zero-order chi connectivity index (χ0) is 24.1. The van der Waals surface area contributed by atoms with Crippen LogP contribution in [0.1, 0.15) is 5.89 Å². The Labute approximate surface area is 195 Å². The lowest BCUT2D eigenvalue weighted by molar-refractivity contribution is 0.253. The van der Waals surface area contributed by atoms with Gasteiger partial charge < -0.3 is 18.6 Å². The Bertz CT molecular complexity index is 1370. The Morgan fingerprint density at radius 2 is 1.56 bits per heavy atom. The fourth-order valence-electron chi connectivity index (χ4n) is 2.95. The summed E-state index contributed by atoms with van der Waals surface area (Å²) >= 11 is 0. The average Bonchev–Trinajstić information content (AvgIpc) is 3.32. The molecule has 9 nitrogen and oxygen atoms in total. The number of nitrogens with zero attached hydrogens (tertiary/aromatic N) is 2. The van der Waals surface area contributed by atoms with Crippen molar-refractivity contribution in [3.8, 4) is 28.7 Å². The lowest BCUT2D eigenvalue weighted by atomic mass is 10.2. The highest BCUT2D eigenvalue weighted by atomic mass is 32.2. The molecule has 0 radical (unpaired) electrons. The first kappa shape index (κ1) is 23.1. The molecule has 0 bridgehead atoms. The topological polar surface area (TPSA) is 113 Å². The molecule has 0 saturated carbocycles. The van der Waals surface area contributed by atoms with Crippen LogP contribution in [0.5, 0.6) is 17.2 Å². The molecule has 3 aromatic carbocycles. The van der Waals surface area contributed by atoms with E-state index < -0.39 is 15.8 Å². The number of rotatable bonds is 9. The van der Waals surface area contributed by atoms with Gasteiger partial charge in [-0.25, -0.2) is 12.8 Å². The van der Waals surface area contributed by atoms with Crippen molar-refractivity contribution in [1.29, 1.82) is 0 Å². The smallest absolute Gasteiger partial charge is 0.261 e. The zero-order valence-electron chi connectivity index (χ0n) is 18.2. The van der Waals surface area contributed by atoms with Crippen LogP contribution in [0.25, 0.3) is 11.5 Å². The van der Waals surface area contributed by atoms with E-state index in [1.54, 1.807) is 31.4 Å². The molecule has 4 rings (SSSR count). The van der Waals surface area contributed by atoms with E-state index in [0.29, 0.717) is 17.1 Å². The molecule has 0 fully saturated rings. The molecular formula is C23H20FN3O6S. The number of ether oxygens (including phenoxy) is 3. The van der Waals surface area contributed by atoms with Gasteiger partial charge in [0.25, 0.3) is 15.9 Å². The van der Waals surface area contributed by atoms with Gasteiger partial charge >= 0.3 is 0 Å². The molecule has 0 spiro atoms. The Kier molecular flexibility index (Phi) is 6.64. The van der Waals surface area contributed by atoms with Gasteiger partial charge in [0.05, 0.1) is 24.8 Å². The van der Waals surface area contributed by atoms with Gasteiger partial charge in [0.15, 0.2) is 18.2 Å². The predicted octanol–water partition coefficient (Wildman–Crippen LogP) is 4.27. The number of benzene rings is 3. The van der Waals surface area contributed by atoms with Crippen LogP contribution >= 0.6 is 0 Å². The largest absolute Gasteiger partial charge is 0.497 e. The van der Waals surface area contributed by atoms with Crippen molar-refractivity contribution in [3.05, 3.63) is 78.4 Å². The van der Waals surface area contributed by atoms with Gasteiger partial charge in [-0.3, -0.25) is 4.72 Å². The molecule has 0 unspecified atom stereocenters. The summed E-state index contributed by atoms with van der Waals surface area (Å²) in [4.78, 5) is 0.0121. The van der Waals surface area contributed by atoms with Crippen molar-refractivity contribution < 1.29 is 31.4 Å². The number of sulfonamides is 1. The second-order valence-corrected chi connectivity index (χ2v) is 8.63. The molecule has 1 heterocycles. The minimum absolute atomic E-state index is 0.0121.